The number of ether oxygens (including phenoxy) is 1. The number of nitrogens with zero attached hydrogens (tertiary/aromatic N) is 1. The predicted molar refractivity (Wildman–Crippen MR) is 81.1 cm³/mol. The van der Waals surface area contributed by atoms with Crippen molar-refractivity contribution < 1.29 is 14.3 Å². The van der Waals surface area contributed by atoms with Crippen LogP contribution < -0.4 is 10.1 Å². The minimum atomic E-state index is 0.00559. The molecule has 4 rings (SSSR count). The van der Waals surface area contributed by atoms with Gasteiger partial charge in [0.15, 0.2) is 0 Å². The van der Waals surface area contributed by atoms with E-state index in [1.54, 1.807) is 0 Å². The van der Waals surface area contributed by atoms with Crippen LogP contribution in [0.5, 0.6) is 5.75 Å². The lowest BCUT2D eigenvalue weighted by Crippen LogP contribution is -2.43. The fraction of sp³-hybridized carbons (Fsp3) is 0.529. The van der Waals surface area contributed by atoms with Crippen molar-refractivity contribution in [1.29, 1.82) is 0 Å². The van der Waals surface area contributed by atoms with Crippen molar-refractivity contribution >= 4 is 12.2 Å². The highest BCUT2D eigenvalue weighted by Gasteiger charge is 2.44. The SMILES string of the molecule is O=CCCN1CCC2(CC1)COc1c2ccc2c1CNC2=O. The number of carbonyl (C=O) groups is 2. The van der Waals surface area contributed by atoms with Gasteiger partial charge in [0, 0.05) is 41.6 Å². The minimum absolute atomic E-state index is 0.00559. The maximum absolute atomic E-state index is 11.8. The van der Waals surface area contributed by atoms with E-state index in [0.717, 1.165) is 55.6 Å². The molecule has 22 heavy (non-hydrogen) atoms. The number of hydrogen-bond donors (Lipinski definition) is 1. The number of aldehydes is 1. The van der Waals surface area contributed by atoms with Crippen molar-refractivity contribution in [2.24, 2.45) is 0 Å². The van der Waals surface area contributed by atoms with E-state index in [1.165, 1.54) is 5.56 Å². The molecule has 1 saturated heterocycles. The number of rotatable bonds is 3. The molecule has 1 aromatic rings. The van der Waals surface area contributed by atoms with Crippen molar-refractivity contribution in [3.05, 3.63) is 28.8 Å². The minimum Gasteiger partial charge on any atom is -0.492 e. The van der Waals surface area contributed by atoms with Crippen molar-refractivity contribution in [2.75, 3.05) is 26.2 Å². The first-order chi connectivity index (χ1) is 10.7. The number of piperidine rings is 1. The van der Waals surface area contributed by atoms with Gasteiger partial charge in [-0.15, -0.1) is 0 Å². The van der Waals surface area contributed by atoms with Gasteiger partial charge in [-0.3, -0.25) is 4.79 Å². The number of carbonyl (C=O) groups excluding carboxylic acids is 2. The van der Waals surface area contributed by atoms with Crippen molar-refractivity contribution in [2.45, 2.75) is 31.2 Å². The van der Waals surface area contributed by atoms with Gasteiger partial charge >= 0.3 is 0 Å². The number of benzene rings is 1. The summed E-state index contributed by atoms with van der Waals surface area (Å²) in [5.74, 6) is 0.947. The molecule has 0 atom stereocenters. The number of fused-ring (bicyclic) bond motifs is 4. The molecule has 1 N–H and O–H groups in total. The molecule has 0 aromatic heterocycles. The first kappa shape index (κ1) is 13.8. The molecular formula is C17H20N2O3. The van der Waals surface area contributed by atoms with E-state index in [4.69, 9.17) is 4.74 Å². The third-order valence-corrected chi connectivity index (χ3v) is 5.37. The molecule has 3 aliphatic rings. The zero-order valence-corrected chi connectivity index (χ0v) is 12.6. The Morgan fingerprint density at radius 2 is 2.14 bits per heavy atom. The van der Waals surface area contributed by atoms with Crippen LogP contribution >= 0.6 is 0 Å². The maximum atomic E-state index is 11.8. The first-order valence-corrected chi connectivity index (χ1v) is 7.97. The van der Waals surface area contributed by atoms with Crippen LogP contribution in [0, 0.1) is 0 Å². The highest BCUT2D eigenvalue weighted by atomic mass is 16.5. The Kier molecular flexibility index (Phi) is 3.18. The van der Waals surface area contributed by atoms with Crippen LogP contribution in [0.3, 0.4) is 0 Å². The quantitative estimate of drug-likeness (QED) is 0.854. The number of amides is 1. The lowest BCUT2D eigenvalue weighted by atomic mass is 9.74. The van der Waals surface area contributed by atoms with Gasteiger partial charge < -0.3 is 19.7 Å². The van der Waals surface area contributed by atoms with Gasteiger partial charge in [0.05, 0.1) is 6.61 Å². The summed E-state index contributed by atoms with van der Waals surface area (Å²) < 4.78 is 6.03. The van der Waals surface area contributed by atoms with Gasteiger partial charge in [-0.05, 0) is 32.0 Å². The summed E-state index contributed by atoms with van der Waals surface area (Å²) in [6.45, 7) is 4.17. The number of likely N-dealkylation sites (tertiary alicyclic amines) is 1. The van der Waals surface area contributed by atoms with Crippen LogP contribution in [0.25, 0.3) is 0 Å². The summed E-state index contributed by atoms with van der Waals surface area (Å²) in [5.41, 5.74) is 3.16. The van der Waals surface area contributed by atoms with Gasteiger partial charge in [0.25, 0.3) is 5.91 Å². The van der Waals surface area contributed by atoms with Crippen molar-refractivity contribution in [3.63, 3.8) is 0 Å². The molecule has 3 heterocycles. The average Bonchev–Trinajstić information content (AvgIpc) is 3.09. The molecule has 5 heteroatoms. The summed E-state index contributed by atoms with van der Waals surface area (Å²) in [6, 6.07) is 4.04. The molecule has 5 nitrogen and oxygen atoms in total. The first-order valence-electron chi connectivity index (χ1n) is 7.97. The second kappa shape index (κ2) is 5.09. The van der Waals surface area contributed by atoms with E-state index in [1.807, 2.05) is 6.07 Å². The molecule has 0 aliphatic carbocycles. The zero-order chi connectivity index (χ0) is 15.2. The summed E-state index contributed by atoms with van der Waals surface area (Å²) in [4.78, 5) is 24.6. The predicted octanol–water partition coefficient (Wildman–Crippen LogP) is 1.24. The molecule has 1 spiro atoms. The van der Waals surface area contributed by atoms with Crippen LogP contribution in [-0.2, 0) is 16.8 Å². The molecule has 0 unspecified atom stereocenters. The van der Waals surface area contributed by atoms with Gasteiger partial charge in [-0.2, -0.15) is 0 Å². The molecular weight excluding hydrogens is 280 g/mol. The molecule has 1 aromatic carbocycles. The second-order valence-corrected chi connectivity index (χ2v) is 6.52. The highest BCUT2D eigenvalue weighted by molar-refractivity contribution is 5.99. The topological polar surface area (TPSA) is 58.6 Å². The number of hydrogen-bond acceptors (Lipinski definition) is 4. The number of nitrogens with one attached hydrogen (secondary N) is 1. The van der Waals surface area contributed by atoms with Gasteiger partial charge in [0.2, 0.25) is 0 Å². The Bertz CT molecular complexity index is 633. The Morgan fingerprint density at radius 3 is 2.91 bits per heavy atom. The van der Waals surface area contributed by atoms with E-state index < -0.39 is 0 Å². The summed E-state index contributed by atoms with van der Waals surface area (Å²) in [5, 5.41) is 2.88. The van der Waals surface area contributed by atoms with Crippen LogP contribution in [0.2, 0.25) is 0 Å². The van der Waals surface area contributed by atoms with E-state index >= 15 is 0 Å². The third kappa shape index (κ3) is 1.96. The third-order valence-electron chi connectivity index (χ3n) is 5.37. The van der Waals surface area contributed by atoms with E-state index in [-0.39, 0.29) is 11.3 Å². The Balaban J connectivity index is 1.58. The summed E-state index contributed by atoms with van der Waals surface area (Å²) >= 11 is 0. The standard InChI is InChI=1S/C17H20N2O3/c20-9-1-6-19-7-4-17(5-8-19)11-22-15-13-10-18-16(21)12(13)2-3-14(15)17/h2-3,9H,1,4-8,10-11H2,(H,18,21). The van der Waals surface area contributed by atoms with Crippen LogP contribution in [0.4, 0.5) is 0 Å². The molecule has 0 radical (unpaired) electrons. The zero-order valence-electron chi connectivity index (χ0n) is 12.6. The van der Waals surface area contributed by atoms with Crippen LogP contribution in [0.15, 0.2) is 12.1 Å². The van der Waals surface area contributed by atoms with Gasteiger partial charge in [-0.25, -0.2) is 0 Å². The normalized spacial score (nSPS) is 22.1. The van der Waals surface area contributed by atoms with E-state index in [2.05, 4.69) is 16.3 Å². The maximum Gasteiger partial charge on any atom is 0.252 e. The lowest BCUT2D eigenvalue weighted by Gasteiger charge is -2.38. The second-order valence-electron chi connectivity index (χ2n) is 6.52. The monoisotopic (exact) mass is 300 g/mol. The molecule has 0 bridgehead atoms. The molecule has 1 amide bonds. The molecule has 116 valence electrons. The Morgan fingerprint density at radius 1 is 1.32 bits per heavy atom. The van der Waals surface area contributed by atoms with E-state index in [0.29, 0.717) is 19.6 Å². The van der Waals surface area contributed by atoms with E-state index in [9.17, 15) is 9.59 Å². The van der Waals surface area contributed by atoms with Crippen LogP contribution in [-0.4, -0.2) is 43.3 Å². The van der Waals surface area contributed by atoms with Gasteiger partial charge in [-0.1, -0.05) is 6.07 Å². The molecule has 1 fully saturated rings. The highest BCUT2D eigenvalue weighted by Crippen LogP contribution is 2.48. The average molecular weight is 300 g/mol. The van der Waals surface area contributed by atoms with Gasteiger partial charge in [0.1, 0.15) is 12.0 Å². The smallest absolute Gasteiger partial charge is 0.252 e. The van der Waals surface area contributed by atoms with Crippen molar-refractivity contribution in [3.8, 4) is 5.75 Å². The largest absolute Gasteiger partial charge is 0.492 e. The molecule has 0 saturated carbocycles. The fourth-order valence-corrected chi connectivity index (χ4v) is 4.00. The summed E-state index contributed by atoms with van der Waals surface area (Å²) in [7, 11) is 0. The van der Waals surface area contributed by atoms with Crippen molar-refractivity contribution in [1.82, 2.24) is 10.2 Å². The van der Waals surface area contributed by atoms with Crippen LogP contribution in [0.1, 0.15) is 40.7 Å². The Hall–Kier alpha value is -1.88. The fourth-order valence-electron chi connectivity index (χ4n) is 4.00. The Labute approximate surface area is 129 Å². The summed E-state index contributed by atoms with van der Waals surface area (Å²) in [6.07, 6.45) is 3.71. The lowest BCUT2D eigenvalue weighted by molar-refractivity contribution is -0.108. The molecule has 3 aliphatic heterocycles.